The maximum absolute atomic E-state index is 15.1. The molecule has 2 bridgehead atoms. The number of nitrogens with two attached hydrogens (primary N) is 1. The minimum absolute atomic E-state index is 0.0409. The maximum Gasteiger partial charge on any atom is 0.303 e. The Balaban J connectivity index is 1.25. The molecule has 616 valence electrons. The molecule has 0 saturated carbocycles. The molecule has 33 nitrogen and oxygen atoms in total. The molecule has 12 atom stereocenters. The number of nitrogens with one attached hydrogen (secondary N) is 13. The number of nitrogens with zero attached hydrogens (tertiary/aromatic N) is 1. The number of H-pyrrole nitrogens is 2. The summed E-state index contributed by atoms with van der Waals surface area (Å²) in [5.74, 6) is -12.1. The Labute approximate surface area is 668 Å². The number of amides is 12. The molecule has 20 N–H and O–H groups in total. The van der Waals surface area contributed by atoms with Crippen LogP contribution in [-0.4, -0.2) is 207 Å². The fraction of sp³-hybridized carbons (Fsp3) is 0.468. The van der Waals surface area contributed by atoms with E-state index in [1.807, 2.05) is 24.3 Å². The molecule has 3 aliphatic rings. The third kappa shape index (κ3) is 28.0. The standard InChI is InChI=1S/C79H105N15O18S2/c1-9-13-54-68(102)86-56(28-29-63(99)100)69(103)87-57(34-44-18-23-50(96)24-19-44)71(105)85-55(14-10-2)70(104)94-66(79(7,8)112)77(111)91-61(67(80)101)41-114-40-47-16-11-15-46(33-47)39-113-32-30-62(98)92-65(78(4,5)6)76(110)90-58(35-45-20-25-51(97)26-21-45)72(106)88-60(37-49-38-81-42-83-49)74(108)93-64(43(3)95)75(109)89-59(73(107)84-54)36-48-22-27-53-52(48)17-12-31-82-53/h11-12,15-27,31,33,38,42-43,54-61,64-66,82,95-97,112H,9-10,13-14,28-30,32,34-37,39-41H2,1-8H3,(H2,80,101)(H,81,83)(H,84,107)(H,85,105)(H,86,102)(H,87,103)(H,88,106)(H,89,109)(H,90,110)(H,91,111)(H,92,98)(H,93,108)(H,94,104)(H,99,100)/t43-,54+,55+,56+,57+,58+,59+,60+,61-,64+,65-,66-/m1/s1. The monoisotopic (exact) mass is 1620 g/mol. The Bertz CT molecular complexity index is 4260. The van der Waals surface area contributed by atoms with Gasteiger partial charge in [-0.25, -0.2) is 4.98 Å². The summed E-state index contributed by atoms with van der Waals surface area (Å²) >= 11 is 2.67. The summed E-state index contributed by atoms with van der Waals surface area (Å²) in [6.45, 7) is 12.1. The summed E-state index contributed by atoms with van der Waals surface area (Å²) in [5, 5.41) is 82.2. The normalized spacial score (nSPS) is 23.3. The van der Waals surface area contributed by atoms with Crippen molar-refractivity contribution in [2.75, 3.05) is 11.5 Å². The van der Waals surface area contributed by atoms with Gasteiger partial charge in [0.1, 0.15) is 78.0 Å². The van der Waals surface area contributed by atoms with E-state index in [1.54, 1.807) is 65.1 Å². The second kappa shape index (κ2) is 42.7. The zero-order valence-electron chi connectivity index (χ0n) is 64.9. The van der Waals surface area contributed by atoms with Crippen LogP contribution >= 0.6 is 23.5 Å². The van der Waals surface area contributed by atoms with Crippen LogP contribution in [0.5, 0.6) is 11.5 Å². The Morgan fingerprint density at radius 1 is 0.544 bits per heavy atom. The summed E-state index contributed by atoms with van der Waals surface area (Å²) in [6.07, 6.45) is 0.357. The third-order valence-corrected chi connectivity index (χ3v) is 20.9. The molecule has 0 radical (unpaired) electrons. The number of fused-ring (bicyclic) bond motifs is 3. The van der Waals surface area contributed by atoms with E-state index in [9.17, 15) is 83.1 Å². The number of carboxylic acid groups (broad SMARTS) is 1. The number of aliphatic hydroxyl groups is 2. The fourth-order valence-corrected chi connectivity index (χ4v) is 14.4. The average Bonchev–Trinajstić information content (AvgIpc) is 1.59. The van der Waals surface area contributed by atoms with Gasteiger partial charge in [-0.05, 0) is 110 Å². The number of aromatic hydroxyl groups is 2. The van der Waals surface area contributed by atoms with Gasteiger partial charge in [-0.3, -0.25) is 62.3 Å². The molecule has 12 amide bonds. The van der Waals surface area contributed by atoms with Gasteiger partial charge >= 0.3 is 5.97 Å². The van der Waals surface area contributed by atoms with Crippen molar-refractivity contribution in [2.24, 2.45) is 11.1 Å². The number of carbonyl (C=O) groups excluding carboxylic acids is 12. The summed E-state index contributed by atoms with van der Waals surface area (Å²) in [6, 6.07) is 8.15. The first-order valence-corrected chi connectivity index (χ1v) is 39.9. The highest BCUT2D eigenvalue weighted by atomic mass is 32.2. The van der Waals surface area contributed by atoms with Crippen LogP contribution in [0.3, 0.4) is 0 Å². The molecule has 4 aromatic rings. The highest BCUT2D eigenvalue weighted by molar-refractivity contribution is 7.98. The first kappa shape index (κ1) is 90.2. The quantitative estimate of drug-likeness (QED) is 0.0581. The van der Waals surface area contributed by atoms with Gasteiger partial charge in [0.2, 0.25) is 70.9 Å². The van der Waals surface area contributed by atoms with E-state index in [4.69, 9.17) is 5.73 Å². The first-order valence-electron chi connectivity index (χ1n) is 37.6. The number of hydrogen-bond acceptors (Lipinski definition) is 20. The van der Waals surface area contributed by atoms with Gasteiger partial charge in [-0.2, -0.15) is 23.5 Å². The van der Waals surface area contributed by atoms with Crippen molar-refractivity contribution >= 4 is 100 Å². The number of carbonyl (C=O) groups is 13. The van der Waals surface area contributed by atoms with Crippen LogP contribution < -0.4 is 64.2 Å². The van der Waals surface area contributed by atoms with Gasteiger partial charge < -0.3 is 99.7 Å². The van der Waals surface area contributed by atoms with E-state index >= 15 is 4.79 Å². The molecule has 35 heteroatoms. The maximum atomic E-state index is 15.1. The number of primary amides is 1. The zero-order chi connectivity index (χ0) is 83.6. The molecule has 0 unspecified atom stereocenters. The number of pyridine rings is 1. The van der Waals surface area contributed by atoms with E-state index in [0.29, 0.717) is 45.2 Å². The summed E-state index contributed by atoms with van der Waals surface area (Å²) in [5.41, 5.74) is 7.32. The molecule has 1 aliphatic carbocycles. The lowest BCUT2D eigenvalue weighted by molar-refractivity contribution is -0.139. The zero-order valence-corrected chi connectivity index (χ0v) is 66.5. The van der Waals surface area contributed by atoms with Gasteiger partial charge in [-0.1, -0.05) is 108 Å². The van der Waals surface area contributed by atoms with Gasteiger partial charge in [0.15, 0.2) is 0 Å². The molecule has 0 saturated heterocycles. The van der Waals surface area contributed by atoms with Crippen molar-refractivity contribution in [2.45, 2.75) is 216 Å². The molecule has 1 aromatic heterocycles. The topological polar surface area (TPSA) is 526 Å². The average molecular weight is 1620 g/mol. The predicted octanol–water partition coefficient (Wildman–Crippen LogP) is 1.58. The number of aliphatic hydroxyl groups excluding tert-OH is 1. The Morgan fingerprint density at radius 2 is 1.03 bits per heavy atom. The number of imidazole rings is 1. The molecular formula is C79H105N15O18S2. The smallest absolute Gasteiger partial charge is 0.303 e. The van der Waals surface area contributed by atoms with Gasteiger partial charge in [0.25, 0.3) is 0 Å². The molecule has 0 spiro atoms. The third-order valence-electron chi connectivity index (χ3n) is 18.8. The van der Waals surface area contributed by atoms with E-state index in [0.717, 1.165) is 11.1 Å². The lowest BCUT2D eigenvalue weighted by Gasteiger charge is -2.32. The lowest BCUT2D eigenvalue weighted by atomic mass is 9.85. The number of thioether (sulfide) groups is 2. The van der Waals surface area contributed by atoms with Crippen molar-refractivity contribution in [3.63, 3.8) is 0 Å². The number of hydrogen-bond donors (Lipinski definition) is 19. The SMILES string of the molecule is CCC[C@@H]1NC(=O)[C@H](Cc2ccc3[nH]cccc2-3)NC(=O)[C@H]([C@@H](C)O)NC(=O)[C@H](Cc2c[nH]cn2)NC(=O)[C@H](Cc2ccc(O)cc2)NC(=O)[C@H](C(C)(C)C)NC(=O)CCSCc2cccc(c2)CSC[C@H](C(N)=O)NC(=O)[C@H](C(C)(C)O)NC(=O)[C@H](CCC)NC(=O)[C@H](Cc2ccc(O)cc2)NC(=O)[C@H](CCC(=O)O)NC1=O. The van der Waals surface area contributed by atoms with Gasteiger partial charge in [0, 0.05) is 85.2 Å². The summed E-state index contributed by atoms with van der Waals surface area (Å²) < 4.78 is 0. The van der Waals surface area contributed by atoms with E-state index in [2.05, 4.69) is 73.4 Å². The number of carboxylic acids is 1. The number of aromatic nitrogens is 3. The molecular weight excluding hydrogens is 1510 g/mol. The number of aromatic amines is 2. The van der Waals surface area contributed by atoms with Gasteiger partial charge in [-0.15, -0.1) is 0 Å². The highest BCUT2D eigenvalue weighted by Gasteiger charge is 2.42. The molecule has 2 aliphatic heterocycles. The Kier molecular flexibility index (Phi) is 33.8. The van der Waals surface area contributed by atoms with Crippen LogP contribution in [-0.2, 0) is 99.5 Å². The molecule has 114 heavy (non-hydrogen) atoms. The molecule has 3 heterocycles. The van der Waals surface area contributed by atoms with Crippen molar-refractivity contribution in [3.8, 4) is 22.8 Å². The van der Waals surface area contributed by atoms with Crippen LogP contribution in [0.4, 0.5) is 0 Å². The minimum Gasteiger partial charge on any atom is -0.508 e. The Morgan fingerprint density at radius 3 is 1.54 bits per heavy atom. The molecule has 7 rings (SSSR count). The number of rotatable bonds is 18. The van der Waals surface area contributed by atoms with Crippen molar-refractivity contribution in [1.29, 1.82) is 0 Å². The number of aliphatic carboxylic acids is 1. The highest BCUT2D eigenvalue weighted by Crippen LogP contribution is 2.28. The lowest BCUT2D eigenvalue weighted by Crippen LogP contribution is -2.64. The number of phenolic OH excluding ortho intramolecular Hbond substituents is 2. The van der Waals surface area contributed by atoms with E-state index < -0.39 is 173 Å². The minimum atomic E-state index is -2.02. The number of phenols is 2. The first-order chi connectivity index (χ1) is 54.0. The van der Waals surface area contributed by atoms with Crippen molar-refractivity contribution < 1.29 is 87.9 Å². The second-order valence-electron chi connectivity index (χ2n) is 29.8. The van der Waals surface area contributed by atoms with Crippen LogP contribution in [0.1, 0.15) is 134 Å². The van der Waals surface area contributed by atoms with Crippen LogP contribution in [0.25, 0.3) is 11.3 Å². The summed E-state index contributed by atoms with van der Waals surface area (Å²) in [4.78, 5) is 197. The van der Waals surface area contributed by atoms with Gasteiger partial charge in [0.05, 0.1) is 23.7 Å². The molecule has 3 aromatic carbocycles. The van der Waals surface area contributed by atoms with Crippen molar-refractivity contribution in [1.82, 2.24) is 73.4 Å². The largest absolute Gasteiger partial charge is 0.508 e. The van der Waals surface area contributed by atoms with Crippen LogP contribution in [0.2, 0.25) is 0 Å². The summed E-state index contributed by atoms with van der Waals surface area (Å²) in [7, 11) is 0. The predicted molar refractivity (Wildman–Crippen MR) is 425 cm³/mol. The Hall–Kier alpha value is -11.0. The fourth-order valence-electron chi connectivity index (χ4n) is 12.5. The van der Waals surface area contributed by atoms with E-state index in [1.165, 1.54) is 105 Å². The van der Waals surface area contributed by atoms with E-state index in [-0.39, 0.29) is 80.7 Å². The molecule has 0 fully saturated rings. The number of benzene rings is 3. The van der Waals surface area contributed by atoms with Crippen LogP contribution in [0, 0.1) is 5.41 Å². The second-order valence-corrected chi connectivity index (χ2v) is 31.9. The van der Waals surface area contributed by atoms with Crippen LogP contribution in [0.15, 0.2) is 116 Å². The van der Waals surface area contributed by atoms with Crippen molar-refractivity contribution in [3.05, 3.63) is 149 Å².